The van der Waals surface area contributed by atoms with E-state index in [-0.39, 0.29) is 30.0 Å². The van der Waals surface area contributed by atoms with Crippen molar-refractivity contribution in [3.05, 3.63) is 33.4 Å². The van der Waals surface area contributed by atoms with Crippen LogP contribution < -0.4 is 5.43 Å². The Morgan fingerprint density at radius 1 is 1.42 bits per heavy atom. The summed E-state index contributed by atoms with van der Waals surface area (Å²) in [7, 11) is 0. The lowest BCUT2D eigenvalue weighted by molar-refractivity contribution is 0.234. The molecule has 0 spiro atoms. The molecule has 0 atom stereocenters. The van der Waals surface area contributed by atoms with Crippen molar-refractivity contribution in [2.75, 3.05) is 0 Å². The van der Waals surface area contributed by atoms with Crippen LogP contribution in [-0.2, 0) is 13.2 Å². The largest absolute Gasteiger partial charge is 0.463 e. The highest BCUT2D eigenvalue weighted by molar-refractivity contribution is 5.17. The van der Waals surface area contributed by atoms with Crippen LogP contribution in [0, 0.1) is 6.92 Å². The lowest BCUT2D eigenvalue weighted by Gasteiger charge is -2.01. The predicted molar refractivity (Wildman–Crippen MR) is 41.6 cm³/mol. The first-order chi connectivity index (χ1) is 5.69. The van der Waals surface area contributed by atoms with Gasteiger partial charge in [-0.1, -0.05) is 0 Å². The Bertz CT molecular complexity index is 326. The van der Waals surface area contributed by atoms with Crippen LogP contribution in [0.5, 0.6) is 0 Å². The van der Waals surface area contributed by atoms with Gasteiger partial charge in [-0.15, -0.1) is 0 Å². The number of hydrogen-bond donors (Lipinski definition) is 2. The van der Waals surface area contributed by atoms with Gasteiger partial charge in [0.05, 0.1) is 12.2 Å². The van der Waals surface area contributed by atoms with Gasteiger partial charge in [-0.05, 0) is 6.92 Å². The second kappa shape index (κ2) is 3.51. The van der Waals surface area contributed by atoms with E-state index in [1.807, 2.05) is 0 Å². The standard InChI is InChI=1S/C8H10O4/c1-5-7(4-10)8(11)2-6(3-9)12-5/h2,9-10H,3-4H2,1H3. The van der Waals surface area contributed by atoms with Crippen LogP contribution in [-0.4, -0.2) is 10.2 Å². The fourth-order valence-corrected chi connectivity index (χ4v) is 0.962. The molecule has 0 amide bonds. The molecule has 1 aromatic rings. The summed E-state index contributed by atoms with van der Waals surface area (Å²) < 4.78 is 5.02. The van der Waals surface area contributed by atoms with Crippen LogP contribution in [0.25, 0.3) is 0 Å². The molecule has 0 saturated heterocycles. The van der Waals surface area contributed by atoms with Crippen molar-refractivity contribution in [1.82, 2.24) is 0 Å². The average Bonchev–Trinajstić information content (AvgIpc) is 2.03. The highest BCUT2D eigenvalue weighted by Gasteiger charge is 2.06. The molecule has 0 aliphatic carbocycles. The fraction of sp³-hybridized carbons (Fsp3) is 0.375. The van der Waals surface area contributed by atoms with Gasteiger partial charge >= 0.3 is 0 Å². The van der Waals surface area contributed by atoms with E-state index in [0.29, 0.717) is 5.76 Å². The van der Waals surface area contributed by atoms with Crippen molar-refractivity contribution >= 4 is 0 Å². The number of aliphatic hydroxyl groups is 2. The third kappa shape index (κ3) is 1.54. The quantitative estimate of drug-likeness (QED) is 0.652. The van der Waals surface area contributed by atoms with Gasteiger partial charge in [-0.3, -0.25) is 4.79 Å². The van der Waals surface area contributed by atoms with Gasteiger partial charge in [0.1, 0.15) is 18.1 Å². The Morgan fingerprint density at radius 2 is 2.08 bits per heavy atom. The van der Waals surface area contributed by atoms with Gasteiger partial charge in [-0.25, -0.2) is 0 Å². The maximum atomic E-state index is 11.1. The first kappa shape index (κ1) is 8.96. The third-order valence-corrected chi connectivity index (χ3v) is 1.61. The Kier molecular flexibility index (Phi) is 2.62. The summed E-state index contributed by atoms with van der Waals surface area (Å²) in [5.41, 5.74) is -0.0579. The lowest BCUT2D eigenvalue weighted by atomic mass is 10.2. The van der Waals surface area contributed by atoms with Crippen LogP contribution in [0.4, 0.5) is 0 Å². The maximum absolute atomic E-state index is 11.1. The zero-order chi connectivity index (χ0) is 9.14. The topological polar surface area (TPSA) is 70.7 Å². The number of rotatable bonds is 2. The average molecular weight is 170 g/mol. The molecule has 0 aliphatic heterocycles. The molecule has 4 heteroatoms. The Balaban J connectivity index is 3.28. The zero-order valence-electron chi connectivity index (χ0n) is 6.70. The molecule has 0 aromatic carbocycles. The first-order valence-electron chi connectivity index (χ1n) is 3.53. The maximum Gasteiger partial charge on any atom is 0.190 e. The summed E-state index contributed by atoms with van der Waals surface area (Å²) in [6.07, 6.45) is 0. The Labute approximate surface area is 69.1 Å². The van der Waals surface area contributed by atoms with Crippen molar-refractivity contribution < 1.29 is 14.6 Å². The minimum Gasteiger partial charge on any atom is -0.463 e. The highest BCUT2D eigenvalue weighted by atomic mass is 16.4. The van der Waals surface area contributed by atoms with Crippen molar-refractivity contribution in [3.8, 4) is 0 Å². The Hall–Kier alpha value is -1.13. The molecule has 12 heavy (non-hydrogen) atoms. The summed E-state index contributed by atoms with van der Waals surface area (Å²) in [5.74, 6) is 0.573. The summed E-state index contributed by atoms with van der Waals surface area (Å²) in [6, 6.07) is 1.18. The number of aliphatic hydroxyl groups excluding tert-OH is 2. The van der Waals surface area contributed by atoms with E-state index in [2.05, 4.69) is 0 Å². The van der Waals surface area contributed by atoms with E-state index in [9.17, 15) is 4.79 Å². The number of aryl methyl sites for hydroxylation is 1. The predicted octanol–water partition coefficient (Wildman–Crippen LogP) is -0.0672. The molecule has 1 aromatic heterocycles. The molecule has 0 fully saturated rings. The minimum absolute atomic E-state index is 0.217. The molecule has 4 nitrogen and oxygen atoms in total. The molecule has 66 valence electrons. The summed E-state index contributed by atoms with van der Waals surface area (Å²) in [6.45, 7) is 0.938. The zero-order valence-corrected chi connectivity index (χ0v) is 6.70. The van der Waals surface area contributed by atoms with Gasteiger partial charge in [0.15, 0.2) is 5.43 Å². The van der Waals surface area contributed by atoms with Crippen LogP contribution in [0.1, 0.15) is 17.1 Å². The molecule has 1 heterocycles. The van der Waals surface area contributed by atoms with Crippen molar-refractivity contribution in [1.29, 1.82) is 0 Å². The van der Waals surface area contributed by atoms with Crippen molar-refractivity contribution in [2.24, 2.45) is 0 Å². The molecule has 0 unspecified atom stereocenters. The van der Waals surface area contributed by atoms with E-state index < -0.39 is 0 Å². The minimum atomic E-state index is -0.333. The van der Waals surface area contributed by atoms with E-state index in [4.69, 9.17) is 14.6 Å². The smallest absolute Gasteiger partial charge is 0.190 e. The second-order valence-corrected chi connectivity index (χ2v) is 2.43. The van der Waals surface area contributed by atoms with E-state index in [0.717, 1.165) is 0 Å². The van der Waals surface area contributed by atoms with E-state index in [1.165, 1.54) is 6.07 Å². The molecule has 1 rings (SSSR count). The molecule has 2 N–H and O–H groups in total. The Morgan fingerprint density at radius 3 is 2.50 bits per heavy atom. The van der Waals surface area contributed by atoms with Crippen LogP contribution in [0.3, 0.4) is 0 Å². The van der Waals surface area contributed by atoms with Gasteiger partial charge < -0.3 is 14.6 Å². The third-order valence-electron chi connectivity index (χ3n) is 1.61. The van der Waals surface area contributed by atoms with Gasteiger partial charge in [0, 0.05) is 6.07 Å². The van der Waals surface area contributed by atoms with Crippen molar-refractivity contribution in [2.45, 2.75) is 20.1 Å². The fourth-order valence-electron chi connectivity index (χ4n) is 0.962. The van der Waals surface area contributed by atoms with Crippen LogP contribution >= 0.6 is 0 Å². The van der Waals surface area contributed by atoms with Gasteiger partial charge in [0.2, 0.25) is 0 Å². The number of hydrogen-bond acceptors (Lipinski definition) is 4. The molecular formula is C8H10O4. The first-order valence-corrected chi connectivity index (χ1v) is 3.53. The normalized spacial score (nSPS) is 10.2. The van der Waals surface area contributed by atoms with Crippen molar-refractivity contribution in [3.63, 3.8) is 0 Å². The lowest BCUT2D eigenvalue weighted by Crippen LogP contribution is -2.11. The van der Waals surface area contributed by atoms with E-state index >= 15 is 0 Å². The van der Waals surface area contributed by atoms with Crippen LogP contribution in [0.15, 0.2) is 15.3 Å². The molecule has 0 radical (unpaired) electrons. The second-order valence-electron chi connectivity index (χ2n) is 2.43. The molecule has 0 aliphatic rings. The molecular weight excluding hydrogens is 160 g/mol. The molecule has 0 bridgehead atoms. The monoisotopic (exact) mass is 170 g/mol. The summed E-state index contributed by atoms with van der Waals surface area (Å²) in [4.78, 5) is 11.1. The van der Waals surface area contributed by atoms with E-state index in [1.54, 1.807) is 6.92 Å². The van der Waals surface area contributed by atoms with Gasteiger partial charge in [-0.2, -0.15) is 0 Å². The highest BCUT2D eigenvalue weighted by Crippen LogP contribution is 2.05. The summed E-state index contributed by atoms with van der Waals surface area (Å²) >= 11 is 0. The SMILES string of the molecule is Cc1oc(CO)cc(=O)c1CO. The van der Waals surface area contributed by atoms with Gasteiger partial charge in [0.25, 0.3) is 0 Å². The summed E-state index contributed by atoms with van der Waals surface area (Å²) in [5, 5.41) is 17.4. The molecule has 0 saturated carbocycles. The van der Waals surface area contributed by atoms with Crippen LogP contribution in [0.2, 0.25) is 0 Å².